The zero-order valence-corrected chi connectivity index (χ0v) is 18.8. The molecule has 32 heavy (non-hydrogen) atoms. The van der Waals surface area contributed by atoms with Gasteiger partial charge in [-0.25, -0.2) is 9.78 Å². The van der Waals surface area contributed by atoms with E-state index in [-0.39, 0.29) is 18.9 Å². The van der Waals surface area contributed by atoms with Crippen molar-refractivity contribution in [1.29, 1.82) is 0 Å². The van der Waals surface area contributed by atoms with E-state index in [2.05, 4.69) is 29.2 Å². The summed E-state index contributed by atoms with van der Waals surface area (Å²) in [5.74, 6) is -0.983. The van der Waals surface area contributed by atoms with Crippen LogP contribution in [0.5, 0.6) is 0 Å². The smallest absolute Gasteiger partial charge is 0.416 e. The minimum absolute atomic E-state index is 0.0269. The Bertz CT molecular complexity index is 1080. The first-order valence-electron chi connectivity index (χ1n) is 10.4. The number of ether oxygens (including phenoxy) is 1. The topological polar surface area (TPSA) is 83.0 Å². The number of anilines is 1. The van der Waals surface area contributed by atoms with Crippen LogP contribution >= 0.6 is 11.3 Å². The molecule has 1 heterocycles. The maximum absolute atomic E-state index is 13.1. The molecule has 1 N–H and O–H groups in total. The second-order valence-corrected chi connectivity index (χ2v) is 8.79. The van der Waals surface area contributed by atoms with Crippen LogP contribution in [0.3, 0.4) is 0 Å². The fraction of sp³-hybridized carbons (Fsp3) is 0.292. The van der Waals surface area contributed by atoms with E-state index in [0.29, 0.717) is 23.9 Å². The van der Waals surface area contributed by atoms with Crippen molar-refractivity contribution in [1.82, 2.24) is 9.88 Å². The van der Waals surface area contributed by atoms with E-state index < -0.39 is 12.1 Å². The molecule has 1 amide bonds. The molecule has 0 spiro atoms. The lowest BCUT2D eigenvalue weighted by molar-refractivity contribution is -0.136. The molecule has 0 saturated carbocycles. The third kappa shape index (κ3) is 4.66. The second-order valence-electron chi connectivity index (χ2n) is 7.95. The Morgan fingerprint density at radius 2 is 1.66 bits per heavy atom. The third-order valence-electron chi connectivity index (χ3n) is 5.43. The van der Waals surface area contributed by atoms with Crippen LogP contribution in [0.2, 0.25) is 0 Å². The van der Waals surface area contributed by atoms with Crippen LogP contribution in [-0.4, -0.2) is 60.8 Å². The largest absolute Gasteiger partial charge is 0.481 e. The van der Waals surface area contributed by atoms with Crippen molar-refractivity contribution in [3.05, 3.63) is 70.7 Å². The van der Waals surface area contributed by atoms with Crippen LogP contribution in [0, 0.1) is 0 Å². The van der Waals surface area contributed by atoms with E-state index in [4.69, 9.17) is 9.84 Å². The molecule has 0 fully saturated rings. The number of likely N-dealkylation sites (N-methyl/N-ethyl adjacent to an activating group) is 1. The highest BCUT2D eigenvalue weighted by molar-refractivity contribution is 7.14. The van der Waals surface area contributed by atoms with Crippen LogP contribution in [0.4, 0.5) is 9.93 Å². The summed E-state index contributed by atoms with van der Waals surface area (Å²) in [6.45, 7) is 1.24. The summed E-state index contributed by atoms with van der Waals surface area (Å²) >= 11 is 1.25. The van der Waals surface area contributed by atoms with E-state index in [0.717, 1.165) is 11.1 Å². The SMILES string of the molecule is CN(C)CCN(C(=O)OCC1c2ccccc2-c2ccccc21)c1nc(CC(=O)O)cs1. The standard InChI is InChI=1S/C24H25N3O4S/c1-26(2)11-12-27(23-25-16(15-32-23)13-22(28)29)24(30)31-14-21-19-9-5-3-7-17(19)18-8-4-6-10-20(18)21/h3-10,15,21H,11-14H2,1-2H3,(H,28,29). The van der Waals surface area contributed by atoms with E-state index >= 15 is 0 Å². The molecular weight excluding hydrogens is 426 g/mol. The molecule has 0 bridgehead atoms. The van der Waals surface area contributed by atoms with E-state index in [9.17, 15) is 9.59 Å². The van der Waals surface area contributed by atoms with Gasteiger partial charge in [0.25, 0.3) is 0 Å². The van der Waals surface area contributed by atoms with Crippen molar-refractivity contribution in [3.63, 3.8) is 0 Å². The molecule has 8 heteroatoms. The Kier molecular flexibility index (Phi) is 6.53. The van der Waals surface area contributed by atoms with Gasteiger partial charge in [-0.05, 0) is 36.3 Å². The van der Waals surface area contributed by atoms with E-state index in [1.54, 1.807) is 5.38 Å². The summed E-state index contributed by atoms with van der Waals surface area (Å²) in [6.07, 6.45) is -0.659. The molecule has 1 aromatic heterocycles. The quantitative estimate of drug-likeness (QED) is 0.556. The summed E-state index contributed by atoms with van der Waals surface area (Å²) < 4.78 is 5.80. The molecule has 0 unspecified atom stereocenters. The van der Waals surface area contributed by atoms with Crippen molar-refractivity contribution in [2.75, 3.05) is 38.7 Å². The van der Waals surface area contributed by atoms with Crippen molar-refractivity contribution in [2.24, 2.45) is 0 Å². The van der Waals surface area contributed by atoms with Gasteiger partial charge in [0, 0.05) is 24.4 Å². The van der Waals surface area contributed by atoms with Crippen LogP contribution in [0.15, 0.2) is 53.9 Å². The highest BCUT2D eigenvalue weighted by atomic mass is 32.1. The number of aliphatic carboxylic acids is 1. The fourth-order valence-corrected chi connectivity index (χ4v) is 4.73. The van der Waals surface area contributed by atoms with Gasteiger partial charge in [-0.2, -0.15) is 0 Å². The highest BCUT2D eigenvalue weighted by Crippen LogP contribution is 2.44. The predicted octanol–water partition coefficient (Wildman–Crippen LogP) is 4.09. The lowest BCUT2D eigenvalue weighted by Crippen LogP contribution is -2.37. The first-order chi connectivity index (χ1) is 15.4. The van der Waals surface area contributed by atoms with Gasteiger partial charge in [-0.3, -0.25) is 9.69 Å². The normalized spacial score (nSPS) is 12.5. The molecule has 4 rings (SSSR count). The first kappa shape index (κ1) is 22.0. The molecule has 3 aromatic rings. The van der Waals surface area contributed by atoms with Gasteiger partial charge in [0.2, 0.25) is 0 Å². The summed E-state index contributed by atoms with van der Waals surface area (Å²) in [5, 5.41) is 11.1. The zero-order valence-electron chi connectivity index (χ0n) is 18.0. The van der Waals surface area contributed by atoms with Gasteiger partial charge in [-0.1, -0.05) is 48.5 Å². The lowest BCUT2D eigenvalue weighted by Gasteiger charge is -2.23. The number of nitrogens with zero attached hydrogens (tertiary/aromatic N) is 3. The number of carbonyl (C=O) groups is 2. The third-order valence-corrected chi connectivity index (χ3v) is 6.34. The van der Waals surface area contributed by atoms with Gasteiger partial charge < -0.3 is 14.7 Å². The summed E-state index contributed by atoms with van der Waals surface area (Å²) in [7, 11) is 3.85. The first-order valence-corrected chi connectivity index (χ1v) is 11.3. The van der Waals surface area contributed by atoms with Crippen molar-refractivity contribution in [2.45, 2.75) is 12.3 Å². The van der Waals surface area contributed by atoms with E-state index in [1.807, 2.05) is 43.3 Å². The summed E-state index contributed by atoms with van der Waals surface area (Å²) in [6, 6.07) is 16.4. The predicted molar refractivity (Wildman–Crippen MR) is 124 cm³/mol. The molecule has 1 aliphatic carbocycles. The van der Waals surface area contributed by atoms with Crippen LogP contribution < -0.4 is 4.90 Å². The molecule has 166 valence electrons. The average Bonchev–Trinajstić information content (AvgIpc) is 3.34. The monoisotopic (exact) mass is 451 g/mol. The number of carboxylic acid groups (broad SMARTS) is 1. The molecule has 0 radical (unpaired) electrons. The minimum Gasteiger partial charge on any atom is -0.481 e. The van der Waals surface area contributed by atoms with Gasteiger partial charge in [-0.15, -0.1) is 11.3 Å². The molecule has 0 atom stereocenters. The molecule has 0 saturated heterocycles. The van der Waals surface area contributed by atoms with Crippen LogP contribution in [0.25, 0.3) is 11.1 Å². The van der Waals surface area contributed by atoms with Gasteiger partial charge in [0.15, 0.2) is 5.13 Å². The maximum atomic E-state index is 13.1. The summed E-state index contributed by atoms with van der Waals surface area (Å²) in [5.41, 5.74) is 5.08. The number of hydrogen-bond donors (Lipinski definition) is 1. The van der Waals surface area contributed by atoms with Crippen LogP contribution in [0.1, 0.15) is 22.7 Å². The molecule has 1 aliphatic rings. The van der Waals surface area contributed by atoms with Gasteiger partial charge in [0.05, 0.1) is 12.1 Å². The number of rotatable bonds is 8. The summed E-state index contributed by atoms with van der Waals surface area (Å²) in [4.78, 5) is 31.9. The number of benzene rings is 2. The highest BCUT2D eigenvalue weighted by Gasteiger charge is 2.30. The van der Waals surface area contributed by atoms with Crippen molar-refractivity contribution < 1.29 is 19.4 Å². The fourth-order valence-electron chi connectivity index (χ4n) is 3.89. The molecule has 2 aromatic carbocycles. The van der Waals surface area contributed by atoms with Crippen LogP contribution in [-0.2, 0) is 16.0 Å². The molecular formula is C24H25N3O4S. The number of fused-ring (bicyclic) bond motifs is 3. The van der Waals surface area contributed by atoms with Gasteiger partial charge >= 0.3 is 12.1 Å². The number of thiazole rings is 1. The zero-order chi connectivity index (χ0) is 22.7. The Hall–Kier alpha value is -3.23. The Labute approximate surface area is 190 Å². The second kappa shape index (κ2) is 9.50. The number of amides is 1. The lowest BCUT2D eigenvalue weighted by atomic mass is 9.98. The minimum atomic E-state index is -0.956. The molecule has 0 aliphatic heterocycles. The van der Waals surface area contributed by atoms with Gasteiger partial charge in [0.1, 0.15) is 6.61 Å². The van der Waals surface area contributed by atoms with Crippen molar-refractivity contribution >= 4 is 28.5 Å². The Morgan fingerprint density at radius 3 is 2.25 bits per heavy atom. The Balaban J connectivity index is 1.52. The number of carbonyl (C=O) groups excluding carboxylic acids is 1. The van der Waals surface area contributed by atoms with Crippen molar-refractivity contribution in [3.8, 4) is 11.1 Å². The number of aromatic nitrogens is 1. The number of carboxylic acids is 1. The average molecular weight is 452 g/mol. The van der Waals surface area contributed by atoms with E-state index in [1.165, 1.54) is 27.4 Å². The maximum Gasteiger partial charge on any atom is 0.416 e. The molecule has 7 nitrogen and oxygen atoms in total. The number of hydrogen-bond acceptors (Lipinski definition) is 6. The Morgan fingerprint density at radius 1 is 1.03 bits per heavy atom.